The Morgan fingerprint density at radius 2 is 1.72 bits per heavy atom. The normalized spacial score (nSPS) is 17.9. The highest BCUT2D eigenvalue weighted by Crippen LogP contribution is 2.33. The van der Waals surface area contributed by atoms with Crippen LogP contribution in [-0.4, -0.2) is 54.7 Å². The molecule has 1 saturated heterocycles. The number of fused-ring (bicyclic) bond motifs is 1. The molecule has 2 aromatic rings. The quantitative estimate of drug-likeness (QED) is 0.772. The Kier molecular flexibility index (Phi) is 6.15. The van der Waals surface area contributed by atoms with Crippen molar-refractivity contribution in [3.8, 4) is 11.5 Å². The topological polar surface area (TPSA) is 54.0 Å². The van der Waals surface area contributed by atoms with Crippen molar-refractivity contribution in [1.82, 2.24) is 9.80 Å². The maximum absolute atomic E-state index is 12.6. The monoisotopic (exact) mass is 435 g/mol. The van der Waals surface area contributed by atoms with Crippen molar-refractivity contribution in [2.24, 2.45) is 0 Å². The summed E-state index contributed by atoms with van der Waals surface area (Å²) < 4.78 is 10.8. The number of rotatable bonds is 5. The van der Waals surface area contributed by atoms with Crippen LogP contribution in [0.3, 0.4) is 0 Å². The van der Waals surface area contributed by atoms with E-state index in [0.717, 1.165) is 44.2 Å². The largest absolute Gasteiger partial charge is 0.454 e. The third kappa shape index (κ3) is 4.95. The number of nitrogens with one attached hydrogen (secondary N) is 1. The molecule has 2 aliphatic heterocycles. The average molecular weight is 436 g/mol. The van der Waals surface area contributed by atoms with Gasteiger partial charge in [0, 0.05) is 48.5 Å². The molecule has 1 amide bonds. The Morgan fingerprint density at radius 3 is 2.45 bits per heavy atom. The Morgan fingerprint density at radius 1 is 1.03 bits per heavy atom. The molecule has 0 aliphatic carbocycles. The van der Waals surface area contributed by atoms with Crippen molar-refractivity contribution in [1.29, 1.82) is 0 Å². The van der Waals surface area contributed by atoms with Gasteiger partial charge in [0.25, 0.3) is 0 Å². The lowest BCUT2D eigenvalue weighted by molar-refractivity contribution is -0.121. The second-order valence-electron chi connectivity index (χ2n) is 7.32. The van der Waals surface area contributed by atoms with Crippen molar-refractivity contribution >= 4 is 34.8 Å². The maximum atomic E-state index is 12.6. The van der Waals surface area contributed by atoms with Crippen LogP contribution in [0.15, 0.2) is 36.4 Å². The summed E-state index contributed by atoms with van der Waals surface area (Å²) in [7, 11) is 0. The van der Waals surface area contributed by atoms with Crippen molar-refractivity contribution in [2.45, 2.75) is 19.5 Å². The van der Waals surface area contributed by atoms with E-state index < -0.39 is 0 Å². The molecule has 0 radical (unpaired) electrons. The highest BCUT2D eigenvalue weighted by molar-refractivity contribution is 6.35. The molecule has 0 saturated carbocycles. The fourth-order valence-corrected chi connectivity index (χ4v) is 4.17. The summed E-state index contributed by atoms with van der Waals surface area (Å²) in [5.41, 5.74) is 1.81. The summed E-state index contributed by atoms with van der Waals surface area (Å²) in [6.07, 6.45) is 0. The van der Waals surface area contributed by atoms with Gasteiger partial charge in [-0.15, -0.1) is 0 Å². The van der Waals surface area contributed by atoms with Gasteiger partial charge in [-0.25, -0.2) is 0 Å². The number of benzene rings is 2. The van der Waals surface area contributed by atoms with Gasteiger partial charge in [-0.1, -0.05) is 29.3 Å². The molecular weight excluding hydrogens is 413 g/mol. The minimum Gasteiger partial charge on any atom is -0.454 e. The van der Waals surface area contributed by atoms with Gasteiger partial charge in [0.05, 0.1) is 6.04 Å². The number of nitrogens with zero attached hydrogens (tertiary/aromatic N) is 2. The van der Waals surface area contributed by atoms with Crippen LogP contribution >= 0.6 is 23.2 Å². The zero-order chi connectivity index (χ0) is 20.4. The zero-order valence-electron chi connectivity index (χ0n) is 16.2. The Bertz CT molecular complexity index is 880. The highest BCUT2D eigenvalue weighted by Gasteiger charge is 2.26. The number of ether oxygens (including phenoxy) is 2. The third-order valence-electron chi connectivity index (χ3n) is 5.31. The Labute approximate surface area is 180 Å². The number of amides is 1. The lowest BCUT2D eigenvalue weighted by atomic mass is 10.1. The minimum atomic E-state index is -0.236. The predicted molar refractivity (Wildman–Crippen MR) is 114 cm³/mol. The molecule has 0 bridgehead atoms. The van der Waals surface area contributed by atoms with Crippen LogP contribution in [0.2, 0.25) is 10.0 Å². The van der Waals surface area contributed by atoms with Gasteiger partial charge in [-0.3, -0.25) is 14.6 Å². The fraction of sp³-hybridized carbons (Fsp3) is 0.381. The molecule has 2 aromatic carbocycles. The van der Waals surface area contributed by atoms with Gasteiger partial charge in [0.2, 0.25) is 12.7 Å². The number of carbonyl (C=O) groups is 1. The molecule has 154 valence electrons. The van der Waals surface area contributed by atoms with Crippen molar-refractivity contribution in [3.05, 3.63) is 52.0 Å². The molecule has 1 unspecified atom stereocenters. The van der Waals surface area contributed by atoms with Gasteiger partial charge in [-0.2, -0.15) is 0 Å². The van der Waals surface area contributed by atoms with Crippen molar-refractivity contribution < 1.29 is 14.3 Å². The SMILES string of the molecule is CC(C(=O)Nc1cc(Cl)cc(Cl)c1)N1CCN(Cc2ccc3c(c2)OCO3)CC1. The number of hydrogen-bond donors (Lipinski definition) is 1. The lowest BCUT2D eigenvalue weighted by Gasteiger charge is -2.37. The Balaban J connectivity index is 1.29. The zero-order valence-corrected chi connectivity index (χ0v) is 17.7. The smallest absolute Gasteiger partial charge is 0.241 e. The summed E-state index contributed by atoms with van der Waals surface area (Å²) in [5.74, 6) is 1.56. The lowest BCUT2D eigenvalue weighted by Crippen LogP contribution is -2.52. The van der Waals surface area contributed by atoms with Crippen LogP contribution in [0, 0.1) is 0 Å². The number of piperazine rings is 1. The highest BCUT2D eigenvalue weighted by atomic mass is 35.5. The molecule has 0 spiro atoms. The number of carbonyl (C=O) groups excluding carboxylic acids is 1. The van der Waals surface area contributed by atoms with E-state index in [-0.39, 0.29) is 11.9 Å². The van der Waals surface area contributed by atoms with E-state index in [1.807, 2.05) is 19.1 Å². The van der Waals surface area contributed by atoms with Gasteiger partial charge in [0.15, 0.2) is 11.5 Å². The summed E-state index contributed by atoms with van der Waals surface area (Å²) in [6.45, 7) is 6.52. The van der Waals surface area contributed by atoms with E-state index in [1.54, 1.807) is 18.2 Å². The van der Waals surface area contributed by atoms with Crippen LogP contribution in [0.25, 0.3) is 0 Å². The van der Waals surface area contributed by atoms with Crippen LogP contribution < -0.4 is 14.8 Å². The van der Waals surface area contributed by atoms with Gasteiger partial charge in [0.1, 0.15) is 0 Å². The second-order valence-corrected chi connectivity index (χ2v) is 8.20. The molecule has 29 heavy (non-hydrogen) atoms. The summed E-state index contributed by atoms with van der Waals surface area (Å²) >= 11 is 12.0. The van der Waals surface area contributed by atoms with Gasteiger partial charge < -0.3 is 14.8 Å². The second kappa shape index (κ2) is 8.79. The van der Waals surface area contributed by atoms with Crippen LogP contribution in [0.1, 0.15) is 12.5 Å². The molecule has 1 fully saturated rings. The van der Waals surface area contributed by atoms with E-state index in [4.69, 9.17) is 32.7 Å². The first kappa shape index (κ1) is 20.3. The van der Waals surface area contributed by atoms with E-state index in [0.29, 0.717) is 22.5 Å². The maximum Gasteiger partial charge on any atom is 0.241 e. The third-order valence-corrected chi connectivity index (χ3v) is 5.74. The number of anilines is 1. The van der Waals surface area contributed by atoms with Crippen molar-refractivity contribution in [2.75, 3.05) is 38.3 Å². The molecular formula is C21H23Cl2N3O3. The molecule has 4 rings (SSSR count). The molecule has 2 aliphatic rings. The van der Waals surface area contributed by atoms with E-state index >= 15 is 0 Å². The molecule has 6 nitrogen and oxygen atoms in total. The van der Waals surface area contributed by atoms with Crippen LogP contribution in [0.5, 0.6) is 11.5 Å². The molecule has 0 aromatic heterocycles. The first-order valence-corrected chi connectivity index (χ1v) is 10.4. The first-order valence-electron chi connectivity index (χ1n) is 9.60. The molecule has 1 N–H and O–H groups in total. The minimum absolute atomic E-state index is 0.0624. The van der Waals surface area contributed by atoms with E-state index in [9.17, 15) is 4.79 Å². The molecule has 1 atom stereocenters. The Hall–Kier alpha value is -1.99. The predicted octanol–water partition coefficient (Wildman–Crippen LogP) is 3.87. The van der Waals surface area contributed by atoms with Crippen LogP contribution in [-0.2, 0) is 11.3 Å². The first-order chi connectivity index (χ1) is 14.0. The standard InChI is InChI=1S/C21H23Cl2N3O3/c1-14(21(27)24-18-10-16(22)9-17(23)11-18)26-6-4-25(5-7-26)12-15-2-3-19-20(8-15)29-13-28-19/h2-3,8-11,14H,4-7,12-13H2,1H3,(H,24,27). The summed E-state index contributed by atoms with van der Waals surface area (Å²) in [4.78, 5) is 17.2. The van der Waals surface area contributed by atoms with Crippen LogP contribution in [0.4, 0.5) is 5.69 Å². The van der Waals surface area contributed by atoms with E-state index in [2.05, 4.69) is 21.2 Å². The van der Waals surface area contributed by atoms with E-state index in [1.165, 1.54) is 5.56 Å². The summed E-state index contributed by atoms with van der Waals surface area (Å²) in [5, 5.41) is 3.90. The molecule has 2 heterocycles. The molecule has 8 heteroatoms. The van der Waals surface area contributed by atoms with Gasteiger partial charge in [-0.05, 0) is 42.8 Å². The fourth-order valence-electron chi connectivity index (χ4n) is 3.64. The number of hydrogen-bond acceptors (Lipinski definition) is 5. The summed E-state index contributed by atoms with van der Waals surface area (Å²) in [6, 6.07) is 10.9. The number of halogens is 2. The average Bonchev–Trinajstić information content (AvgIpc) is 3.15. The van der Waals surface area contributed by atoms with Crippen molar-refractivity contribution in [3.63, 3.8) is 0 Å². The van der Waals surface area contributed by atoms with Gasteiger partial charge >= 0.3 is 0 Å².